The van der Waals surface area contributed by atoms with Crippen LogP contribution in [0.5, 0.6) is 0 Å². The summed E-state index contributed by atoms with van der Waals surface area (Å²) in [6, 6.07) is 10.6. The first kappa shape index (κ1) is 20.8. The van der Waals surface area contributed by atoms with Crippen LogP contribution in [-0.2, 0) is 25.5 Å². The van der Waals surface area contributed by atoms with Crippen LogP contribution in [0, 0.1) is 23.7 Å². The summed E-state index contributed by atoms with van der Waals surface area (Å²) < 4.78 is 10.2. The molecule has 2 aliphatic carbocycles. The molecule has 0 N–H and O–H groups in total. The number of allylic oxidation sites excluding steroid dienone is 2. The van der Waals surface area contributed by atoms with Gasteiger partial charge in [-0.05, 0) is 55.9 Å². The van der Waals surface area contributed by atoms with E-state index in [1.807, 2.05) is 0 Å². The van der Waals surface area contributed by atoms with Gasteiger partial charge in [-0.15, -0.1) is 0 Å². The Bertz CT molecular complexity index is 666. The van der Waals surface area contributed by atoms with Gasteiger partial charge in [-0.3, -0.25) is 4.79 Å². The molecule has 4 atom stereocenters. The van der Waals surface area contributed by atoms with Gasteiger partial charge in [0, 0.05) is 18.9 Å². The molecule has 2 fully saturated rings. The molecule has 0 saturated heterocycles. The largest absolute Gasteiger partial charge is 0.464 e. The van der Waals surface area contributed by atoms with E-state index >= 15 is 0 Å². The standard InChI is InChI=1S/C24H32O4/c1-2-28-23(26)17-27-15-9-8-14-20-22(25)16-21-19(24(20)21)13-7-6-12-18-10-4-3-5-11-18/h3-5,7,10-11,13,19-21,24H,2,6,8-9,12,14-17H2,1H3. The summed E-state index contributed by atoms with van der Waals surface area (Å²) in [6.07, 6.45) is 10.4. The van der Waals surface area contributed by atoms with Gasteiger partial charge in [-0.25, -0.2) is 4.79 Å². The Morgan fingerprint density at radius 3 is 2.82 bits per heavy atom. The fourth-order valence-electron chi connectivity index (χ4n) is 4.56. The molecule has 4 nitrogen and oxygen atoms in total. The Labute approximate surface area is 168 Å². The van der Waals surface area contributed by atoms with Crippen LogP contribution in [0.1, 0.15) is 44.6 Å². The molecular weight excluding hydrogens is 352 g/mol. The van der Waals surface area contributed by atoms with Crippen LogP contribution in [0.2, 0.25) is 0 Å². The number of carbonyl (C=O) groups is 2. The summed E-state index contributed by atoms with van der Waals surface area (Å²) >= 11 is 0. The molecule has 0 spiro atoms. The number of rotatable bonds is 12. The van der Waals surface area contributed by atoms with Gasteiger partial charge in [0.2, 0.25) is 0 Å². The monoisotopic (exact) mass is 384 g/mol. The Hall–Kier alpha value is -1.94. The number of hydrogen-bond acceptors (Lipinski definition) is 4. The fraction of sp³-hybridized carbons (Fsp3) is 0.583. The number of unbranched alkanes of at least 4 members (excludes halogenated alkanes) is 1. The van der Waals surface area contributed by atoms with Crippen LogP contribution in [0.15, 0.2) is 42.5 Å². The molecule has 3 rings (SSSR count). The SMILES string of the molecule is CCOC(=O)COCCCCC1C(=O)CC2C(C=CCCc3ccccc3)C12. The van der Waals surface area contributed by atoms with Gasteiger partial charge in [0.25, 0.3) is 0 Å². The minimum Gasteiger partial charge on any atom is -0.464 e. The zero-order valence-corrected chi connectivity index (χ0v) is 16.8. The van der Waals surface area contributed by atoms with Gasteiger partial charge in [0.05, 0.1) is 6.61 Å². The lowest BCUT2D eigenvalue weighted by molar-refractivity contribution is -0.148. The van der Waals surface area contributed by atoms with Gasteiger partial charge in [-0.2, -0.15) is 0 Å². The van der Waals surface area contributed by atoms with Crippen molar-refractivity contribution in [2.24, 2.45) is 23.7 Å². The van der Waals surface area contributed by atoms with E-state index in [-0.39, 0.29) is 18.5 Å². The maximum Gasteiger partial charge on any atom is 0.332 e. The van der Waals surface area contributed by atoms with Gasteiger partial charge in [0.1, 0.15) is 12.4 Å². The minimum atomic E-state index is -0.309. The maximum atomic E-state index is 12.2. The van der Waals surface area contributed by atoms with E-state index in [9.17, 15) is 9.59 Å². The molecule has 0 amide bonds. The molecule has 28 heavy (non-hydrogen) atoms. The van der Waals surface area contributed by atoms with Crippen LogP contribution < -0.4 is 0 Å². The molecule has 2 aliphatic rings. The first-order valence-electron chi connectivity index (χ1n) is 10.7. The van der Waals surface area contributed by atoms with Gasteiger partial charge in [0.15, 0.2) is 0 Å². The van der Waals surface area contributed by atoms with Crippen molar-refractivity contribution in [1.29, 1.82) is 0 Å². The average Bonchev–Trinajstić information content (AvgIpc) is 3.25. The second-order valence-corrected chi connectivity index (χ2v) is 7.90. The van der Waals surface area contributed by atoms with Crippen molar-refractivity contribution in [1.82, 2.24) is 0 Å². The van der Waals surface area contributed by atoms with E-state index in [1.54, 1.807) is 6.92 Å². The van der Waals surface area contributed by atoms with Crippen LogP contribution in [0.25, 0.3) is 0 Å². The lowest BCUT2D eigenvalue weighted by Crippen LogP contribution is -2.15. The highest BCUT2D eigenvalue weighted by Gasteiger charge is 2.59. The Balaban J connectivity index is 1.30. The Kier molecular flexibility index (Phi) is 7.84. The molecule has 1 aromatic carbocycles. The summed E-state index contributed by atoms with van der Waals surface area (Å²) in [4.78, 5) is 23.4. The van der Waals surface area contributed by atoms with Crippen LogP contribution in [-0.4, -0.2) is 31.6 Å². The van der Waals surface area contributed by atoms with Crippen LogP contribution in [0.3, 0.4) is 0 Å². The van der Waals surface area contributed by atoms with Crippen molar-refractivity contribution >= 4 is 11.8 Å². The number of hydrogen-bond donors (Lipinski definition) is 0. The van der Waals surface area contributed by atoms with Crippen molar-refractivity contribution in [3.05, 3.63) is 48.0 Å². The number of ketones is 1. The first-order chi connectivity index (χ1) is 13.7. The van der Waals surface area contributed by atoms with Gasteiger partial charge >= 0.3 is 5.97 Å². The summed E-state index contributed by atoms with van der Waals surface area (Å²) in [5.74, 6) is 2.15. The molecule has 0 radical (unpaired) electrons. The maximum absolute atomic E-state index is 12.2. The second-order valence-electron chi connectivity index (χ2n) is 7.90. The third-order valence-corrected chi connectivity index (χ3v) is 5.99. The van der Waals surface area contributed by atoms with Crippen molar-refractivity contribution in [3.8, 4) is 0 Å². The molecule has 152 valence electrons. The molecule has 4 heteroatoms. The molecule has 2 saturated carbocycles. The summed E-state index contributed by atoms with van der Waals surface area (Å²) in [5.41, 5.74) is 1.38. The highest BCUT2D eigenvalue weighted by Crippen LogP contribution is 2.60. The predicted molar refractivity (Wildman–Crippen MR) is 109 cm³/mol. The predicted octanol–water partition coefficient (Wildman–Crippen LogP) is 4.38. The van der Waals surface area contributed by atoms with Crippen molar-refractivity contribution < 1.29 is 19.1 Å². The summed E-state index contributed by atoms with van der Waals surface area (Å²) in [7, 11) is 0. The quantitative estimate of drug-likeness (QED) is 0.305. The number of aryl methyl sites for hydroxylation is 1. The van der Waals surface area contributed by atoms with Crippen molar-refractivity contribution in [2.75, 3.05) is 19.8 Å². The number of benzene rings is 1. The lowest BCUT2D eigenvalue weighted by atomic mass is 9.93. The van der Waals surface area contributed by atoms with E-state index < -0.39 is 0 Å². The average molecular weight is 385 g/mol. The van der Waals surface area contributed by atoms with E-state index in [0.29, 0.717) is 36.8 Å². The second kappa shape index (κ2) is 10.6. The molecule has 0 aromatic heterocycles. The summed E-state index contributed by atoms with van der Waals surface area (Å²) in [5, 5.41) is 0. The number of Topliss-reactive ketones (excluding diaryl/α,β-unsaturated/α-hetero) is 1. The van der Waals surface area contributed by atoms with E-state index in [1.165, 1.54) is 5.56 Å². The third-order valence-electron chi connectivity index (χ3n) is 5.99. The first-order valence-corrected chi connectivity index (χ1v) is 10.7. The smallest absolute Gasteiger partial charge is 0.332 e. The van der Waals surface area contributed by atoms with E-state index in [4.69, 9.17) is 9.47 Å². The Morgan fingerprint density at radius 1 is 1.21 bits per heavy atom. The summed E-state index contributed by atoms with van der Waals surface area (Å²) in [6.45, 7) is 2.75. The number of ether oxygens (including phenoxy) is 2. The van der Waals surface area contributed by atoms with Crippen molar-refractivity contribution in [2.45, 2.75) is 45.4 Å². The molecule has 4 unspecified atom stereocenters. The van der Waals surface area contributed by atoms with Gasteiger partial charge in [-0.1, -0.05) is 48.9 Å². The topological polar surface area (TPSA) is 52.6 Å². The zero-order chi connectivity index (χ0) is 19.8. The third kappa shape index (κ3) is 5.78. The zero-order valence-electron chi connectivity index (χ0n) is 16.8. The molecule has 1 aromatic rings. The van der Waals surface area contributed by atoms with Crippen molar-refractivity contribution in [3.63, 3.8) is 0 Å². The lowest BCUT2D eigenvalue weighted by Gasteiger charge is -2.12. The molecular formula is C24H32O4. The molecule has 0 bridgehead atoms. The Morgan fingerprint density at radius 2 is 2.04 bits per heavy atom. The van der Waals surface area contributed by atoms with Gasteiger partial charge < -0.3 is 9.47 Å². The van der Waals surface area contributed by atoms with Crippen LogP contribution in [0.4, 0.5) is 0 Å². The van der Waals surface area contributed by atoms with Crippen LogP contribution >= 0.6 is 0 Å². The number of fused-ring (bicyclic) bond motifs is 1. The van der Waals surface area contributed by atoms with E-state index in [0.717, 1.165) is 38.5 Å². The highest BCUT2D eigenvalue weighted by molar-refractivity contribution is 5.85. The normalized spacial score (nSPS) is 25.8. The number of esters is 1. The molecule has 0 heterocycles. The molecule has 0 aliphatic heterocycles. The highest BCUT2D eigenvalue weighted by atomic mass is 16.6. The fourth-order valence-corrected chi connectivity index (χ4v) is 4.56. The minimum absolute atomic E-state index is 0.0246. The van der Waals surface area contributed by atoms with E-state index in [2.05, 4.69) is 42.5 Å². The number of carbonyl (C=O) groups excluding carboxylic acids is 2.